The van der Waals surface area contributed by atoms with Crippen LogP contribution in [0.5, 0.6) is 5.75 Å². The fraction of sp³-hybridized carbons (Fsp3) is 0.286. The Balaban J connectivity index is 1.83. The standard InChI is InChI=1S/C28H29ClFNO5/c1-17(31-27(34)36-28(2,3)4)22-9-7-10-23(26(22)30)20-12-18(13-21(29)14-20)16-35-24-11-6-5-8-19(24)15-25(32)33/h5-14,17H,15-16H2,1-4H3,(H,31,34)(H,32,33). The Morgan fingerprint density at radius 2 is 1.81 bits per heavy atom. The fourth-order valence-corrected chi connectivity index (χ4v) is 3.93. The number of benzene rings is 3. The van der Waals surface area contributed by atoms with Gasteiger partial charge in [0.2, 0.25) is 0 Å². The number of carboxylic acid groups (broad SMARTS) is 1. The number of para-hydroxylation sites is 1. The van der Waals surface area contributed by atoms with Crippen molar-refractivity contribution in [2.45, 2.75) is 52.4 Å². The van der Waals surface area contributed by atoms with Crippen molar-refractivity contribution in [2.24, 2.45) is 0 Å². The number of ether oxygens (including phenoxy) is 2. The summed E-state index contributed by atoms with van der Waals surface area (Å²) in [6.07, 6.45) is -0.796. The molecule has 0 aliphatic rings. The number of rotatable bonds is 8. The molecule has 0 heterocycles. The smallest absolute Gasteiger partial charge is 0.408 e. The lowest BCUT2D eigenvalue weighted by Gasteiger charge is -2.22. The van der Waals surface area contributed by atoms with Gasteiger partial charge in [0, 0.05) is 21.7 Å². The first-order chi connectivity index (χ1) is 16.9. The summed E-state index contributed by atoms with van der Waals surface area (Å²) in [5, 5.41) is 12.2. The summed E-state index contributed by atoms with van der Waals surface area (Å²) in [4.78, 5) is 23.3. The Kier molecular flexibility index (Phi) is 8.58. The molecule has 0 saturated carbocycles. The molecule has 8 heteroatoms. The Morgan fingerprint density at radius 1 is 1.08 bits per heavy atom. The summed E-state index contributed by atoms with van der Waals surface area (Å²) < 4.78 is 26.7. The van der Waals surface area contributed by atoms with E-state index in [2.05, 4.69) is 5.32 Å². The van der Waals surface area contributed by atoms with Gasteiger partial charge in [-0.25, -0.2) is 9.18 Å². The summed E-state index contributed by atoms with van der Waals surface area (Å²) in [5.41, 5.74) is 1.74. The maximum Gasteiger partial charge on any atom is 0.408 e. The molecule has 0 saturated heterocycles. The molecule has 0 aliphatic carbocycles. The van der Waals surface area contributed by atoms with Crippen LogP contribution in [-0.4, -0.2) is 22.8 Å². The highest BCUT2D eigenvalue weighted by Crippen LogP contribution is 2.31. The predicted octanol–water partition coefficient (Wildman–Crippen LogP) is 6.94. The molecule has 1 atom stereocenters. The average molecular weight is 514 g/mol. The third kappa shape index (κ3) is 7.46. The minimum atomic E-state index is -0.957. The molecule has 0 bridgehead atoms. The molecule has 0 aromatic heterocycles. The lowest BCUT2D eigenvalue weighted by atomic mass is 9.97. The van der Waals surface area contributed by atoms with E-state index >= 15 is 4.39 Å². The molecular formula is C28H29ClFNO5. The highest BCUT2D eigenvalue weighted by molar-refractivity contribution is 6.31. The molecule has 0 fully saturated rings. The number of halogens is 2. The highest BCUT2D eigenvalue weighted by atomic mass is 35.5. The van der Waals surface area contributed by atoms with Crippen molar-refractivity contribution in [3.63, 3.8) is 0 Å². The molecule has 3 rings (SSSR count). The number of amides is 1. The number of carbonyl (C=O) groups excluding carboxylic acids is 1. The Hall–Kier alpha value is -3.58. The number of carboxylic acids is 1. The van der Waals surface area contributed by atoms with Crippen LogP contribution in [0.3, 0.4) is 0 Å². The summed E-state index contributed by atoms with van der Waals surface area (Å²) in [6.45, 7) is 7.05. The van der Waals surface area contributed by atoms with E-state index in [9.17, 15) is 9.59 Å². The number of nitrogens with one attached hydrogen (secondary N) is 1. The van der Waals surface area contributed by atoms with Gasteiger partial charge in [0.05, 0.1) is 12.5 Å². The molecule has 1 unspecified atom stereocenters. The van der Waals surface area contributed by atoms with Crippen molar-refractivity contribution in [3.05, 3.63) is 88.2 Å². The largest absolute Gasteiger partial charge is 0.489 e. The molecule has 36 heavy (non-hydrogen) atoms. The van der Waals surface area contributed by atoms with Crippen LogP contribution < -0.4 is 10.1 Å². The highest BCUT2D eigenvalue weighted by Gasteiger charge is 2.21. The maximum absolute atomic E-state index is 15.6. The Bertz CT molecular complexity index is 1250. The van der Waals surface area contributed by atoms with E-state index in [1.165, 1.54) is 0 Å². The Morgan fingerprint density at radius 3 is 2.50 bits per heavy atom. The van der Waals surface area contributed by atoms with Gasteiger partial charge in [-0.3, -0.25) is 4.79 Å². The van der Waals surface area contributed by atoms with Crippen LogP contribution in [-0.2, 0) is 22.6 Å². The first kappa shape index (κ1) is 27.0. The number of alkyl carbamates (subject to hydrolysis) is 1. The number of aliphatic carboxylic acids is 1. The molecule has 2 N–H and O–H groups in total. The number of hydrogen-bond donors (Lipinski definition) is 2. The summed E-state index contributed by atoms with van der Waals surface area (Å²) in [5.74, 6) is -0.986. The third-order valence-corrected chi connectivity index (χ3v) is 5.42. The fourth-order valence-electron chi connectivity index (χ4n) is 3.67. The SMILES string of the molecule is CC(NC(=O)OC(C)(C)C)c1cccc(-c2cc(Cl)cc(COc3ccccc3CC(=O)O)c2)c1F. The van der Waals surface area contributed by atoms with Crippen LogP contribution in [0.25, 0.3) is 11.1 Å². The van der Waals surface area contributed by atoms with Crippen molar-refractivity contribution in [1.29, 1.82) is 0 Å². The van der Waals surface area contributed by atoms with Gasteiger partial charge in [0.25, 0.3) is 0 Å². The minimum Gasteiger partial charge on any atom is -0.489 e. The summed E-state index contributed by atoms with van der Waals surface area (Å²) >= 11 is 6.34. The van der Waals surface area contributed by atoms with E-state index in [-0.39, 0.29) is 13.0 Å². The van der Waals surface area contributed by atoms with E-state index in [1.54, 1.807) is 88.4 Å². The van der Waals surface area contributed by atoms with Crippen LogP contribution in [0.1, 0.15) is 50.4 Å². The van der Waals surface area contributed by atoms with Crippen LogP contribution in [0, 0.1) is 5.82 Å². The van der Waals surface area contributed by atoms with Crippen molar-refractivity contribution in [2.75, 3.05) is 0 Å². The van der Waals surface area contributed by atoms with Gasteiger partial charge in [0.1, 0.15) is 23.8 Å². The molecule has 0 radical (unpaired) electrons. The van der Waals surface area contributed by atoms with Crippen molar-refractivity contribution in [3.8, 4) is 16.9 Å². The van der Waals surface area contributed by atoms with Crippen LogP contribution >= 0.6 is 11.6 Å². The lowest BCUT2D eigenvalue weighted by Crippen LogP contribution is -2.34. The van der Waals surface area contributed by atoms with Crippen LogP contribution in [0.2, 0.25) is 5.02 Å². The molecule has 3 aromatic rings. The number of carbonyl (C=O) groups is 2. The molecule has 6 nitrogen and oxygen atoms in total. The van der Waals surface area contributed by atoms with Gasteiger partial charge in [-0.15, -0.1) is 0 Å². The normalized spacial score (nSPS) is 12.1. The van der Waals surface area contributed by atoms with Gasteiger partial charge in [-0.1, -0.05) is 48.0 Å². The summed E-state index contributed by atoms with van der Waals surface area (Å²) in [7, 11) is 0. The lowest BCUT2D eigenvalue weighted by molar-refractivity contribution is -0.136. The third-order valence-electron chi connectivity index (χ3n) is 5.21. The van der Waals surface area contributed by atoms with Crippen molar-refractivity contribution >= 4 is 23.7 Å². The van der Waals surface area contributed by atoms with E-state index in [0.717, 1.165) is 0 Å². The maximum atomic E-state index is 15.6. The monoisotopic (exact) mass is 513 g/mol. The second-order valence-corrected chi connectivity index (χ2v) is 9.83. The van der Waals surface area contributed by atoms with E-state index in [0.29, 0.717) is 38.6 Å². The molecule has 3 aromatic carbocycles. The number of hydrogen-bond acceptors (Lipinski definition) is 4. The average Bonchev–Trinajstić information content (AvgIpc) is 2.76. The van der Waals surface area contributed by atoms with Gasteiger partial charge >= 0.3 is 12.1 Å². The first-order valence-electron chi connectivity index (χ1n) is 11.4. The zero-order chi connectivity index (χ0) is 26.5. The van der Waals surface area contributed by atoms with E-state index in [4.69, 9.17) is 26.2 Å². The van der Waals surface area contributed by atoms with Crippen LogP contribution in [0.15, 0.2) is 60.7 Å². The second kappa shape index (κ2) is 11.4. The molecular weight excluding hydrogens is 485 g/mol. The quantitative estimate of drug-likeness (QED) is 0.341. The summed E-state index contributed by atoms with van der Waals surface area (Å²) in [6, 6.07) is 16.3. The first-order valence-corrected chi connectivity index (χ1v) is 11.8. The molecule has 1 amide bonds. The Labute approximate surface area is 215 Å². The van der Waals surface area contributed by atoms with Gasteiger partial charge < -0.3 is 19.9 Å². The zero-order valence-electron chi connectivity index (χ0n) is 20.6. The van der Waals surface area contributed by atoms with E-state index < -0.39 is 29.5 Å². The second-order valence-electron chi connectivity index (χ2n) is 9.39. The van der Waals surface area contributed by atoms with Crippen LogP contribution in [0.4, 0.5) is 9.18 Å². The molecule has 0 aliphatic heterocycles. The zero-order valence-corrected chi connectivity index (χ0v) is 21.4. The molecule has 0 spiro atoms. The van der Waals surface area contributed by atoms with Gasteiger partial charge in [0.15, 0.2) is 0 Å². The minimum absolute atomic E-state index is 0.113. The van der Waals surface area contributed by atoms with Crippen molar-refractivity contribution in [1.82, 2.24) is 5.32 Å². The van der Waals surface area contributed by atoms with E-state index in [1.807, 2.05) is 0 Å². The predicted molar refractivity (Wildman–Crippen MR) is 137 cm³/mol. The molecule has 190 valence electrons. The van der Waals surface area contributed by atoms with Crippen molar-refractivity contribution < 1.29 is 28.6 Å². The topological polar surface area (TPSA) is 84.9 Å². The van der Waals surface area contributed by atoms with Gasteiger partial charge in [-0.2, -0.15) is 0 Å². The van der Waals surface area contributed by atoms with Gasteiger partial charge in [-0.05, 0) is 63.1 Å².